The first-order valence-corrected chi connectivity index (χ1v) is 6.62. The standard InChI is InChI=1S/C10H6Cl2OS2/c11-9-5-7(10(12)15-9)8(13)4-6-2-1-3-14-6/h1-3,5H,4H2. The van der Waals surface area contributed by atoms with E-state index < -0.39 is 0 Å². The maximum Gasteiger partial charge on any atom is 0.170 e. The Balaban J connectivity index is 2.18. The van der Waals surface area contributed by atoms with Crippen molar-refractivity contribution in [2.45, 2.75) is 6.42 Å². The fraction of sp³-hybridized carbons (Fsp3) is 0.100. The van der Waals surface area contributed by atoms with Gasteiger partial charge in [0, 0.05) is 16.9 Å². The molecule has 0 aliphatic heterocycles. The third kappa shape index (κ3) is 2.61. The molecule has 0 N–H and O–H groups in total. The average molecular weight is 277 g/mol. The lowest BCUT2D eigenvalue weighted by atomic mass is 10.1. The molecule has 1 nitrogen and oxygen atoms in total. The van der Waals surface area contributed by atoms with E-state index in [9.17, 15) is 4.79 Å². The van der Waals surface area contributed by atoms with E-state index in [1.54, 1.807) is 17.4 Å². The highest BCUT2D eigenvalue weighted by molar-refractivity contribution is 7.20. The van der Waals surface area contributed by atoms with Crippen LogP contribution in [0.4, 0.5) is 0 Å². The molecule has 5 heteroatoms. The number of hydrogen-bond donors (Lipinski definition) is 0. The first-order chi connectivity index (χ1) is 7.16. The number of thiophene rings is 2. The number of carbonyl (C=O) groups is 1. The highest BCUT2D eigenvalue weighted by Gasteiger charge is 2.14. The molecule has 0 radical (unpaired) electrons. The molecule has 0 atom stereocenters. The van der Waals surface area contributed by atoms with Crippen LogP contribution >= 0.6 is 45.9 Å². The lowest BCUT2D eigenvalue weighted by molar-refractivity contribution is 0.0994. The summed E-state index contributed by atoms with van der Waals surface area (Å²) in [4.78, 5) is 12.9. The molecule has 78 valence electrons. The van der Waals surface area contributed by atoms with Crippen LogP contribution in [0.1, 0.15) is 15.2 Å². The van der Waals surface area contributed by atoms with Gasteiger partial charge in [-0.2, -0.15) is 0 Å². The number of Topliss-reactive ketones (excluding diaryl/α,β-unsaturated/α-hetero) is 1. The lowest BCUT2D eigenvalue weighted by Crippen LogP contribution is -2.00. The van der Waals surface area contributed by atoms with Gasteiger partial charge < -0.3 is 0 Å². The van der Waals surface area contributed by atoms with Crippen molar-refractivity contribution in [3.63, 3.8) is 0 Å². The van der Waals surface area contributed by atoms with Gasteiger partial charge in [-0.05, 0) is 17.5 Å². The summed E-state index contributed by atoms with van der Waals surface area (Å²) in [7, 11) is 0. The maximum absolute atomic E-state index is 11.8. The molecule has 2 aromatic heterocycles. The van der Waals surface area contributed by atoms with E-state index in [1.165, 1.54) is 11.3 Å². The summed E-state index contributed by atoms with van der Waals surface area (Å²) < 4.78 is 1.02. The fourth-order valence-corrected chi connectivity index (χ4v) is 3.40. The Morgan fingerprint density at radius 1 is 1.40 bits per heavy atom. The highest BCUT2D eigenvalue weighted by Crippen LogP contribution is 2.32. The number of ketones is 1. The van der Waals surface area contributed by atoms with Gasteiger partial charge in [0.25, 0.3) is 0 Å². The van der Waals surface area contributed by atoms with Gasteiger partial charge in [0.05, 0.1) is 4.34 Å². The van der Waals surface area contributed by atoms with Gasteiger partial charge in [-0.1, -0.05) is 29.3 Å². The van der Waals surface area contributed by atoms with Crippen molar-refractivity contribution >= 4 is 51.7 Å². The summed E-state index contributed by atoms with van der Waals surface area (Å²) >= 11 is 14.5. The molecule has 2 heterocycles. The van der Waals surface area contributed by atoms with Gasteiger partial charge in [-0.3, -0.25) is 4.79 Å². The molecule has 0 saturated carbocycles. The predicted octanol–water partition coefficient (Wildman–Crippen LogP) is 4.54. The van der Waals surface area contributed by atoms with Gasteiger partial charge in [0.1, 0.15) is 4.34 Å². The summed E-state index contributed by atoms with van der Waals surface area (Å²) in [5.41, 5.74) is 0.528. The molecule has 0 saturated heterocycles. The first-order valence-electron chi connectivity index (χ1n) is 4.17. The normalized spacial score (nSPS) is 10.5. The number of rotatable bonds is 3. The molecular weight excluding hydrogens is 271 g/mol. The van der Waals surface area contributed by atoms with E-state index in [0.717, 1.165) is 4.88 Å². The van der Waals surface area contributed by atoms with Crippen LogP contribution in [0.15, 0.2) is 23.6 Å². The summed E-state index contributed by atoms with van der Waals surface area (Å²) in [6, 6.07) is 5.49. The molecule has 15 heavy (non-hydrogen) atoms. The molecular formula is C10H6Cl2OS2. The molecule has 0 aliphatic carbocycles. The summed E-state index contributed by atoms with van der Waals surface area (Å²) in [6.07, 6.45) is 0.393. The molecule has 0 aromatic carbocycles. The molecule has 0 amide bonds. The third-order valence-electron chi connectivity index (χ3n) is 1.87. The Hall–Kier alpha value is -0.350. The van der Waals surface area contributed by atoms with Crippen LogP contribution < -0.4 is 0 Å². The topological polar surface area (TPSA) is 17.1 Å². The van der Waals surface area contributed by atoms with Gasteiger partial charge in [-0.15, -0.1) is 22.7 Å². The van der Waals surface area contributed by atoms with Crippen LogP contribution in [0, 0.1) is 0 Å². The Morgan fingerprint density at radius 2 is 2.20 bits per heavy atom. The minimum Gasteiger partial charge on any atom is -0.294 e. The van der Waals surface area contributed by atoms with E-state index in [4.69, 9.17) is 23.2 Å². The molecule has 0 spiro atoms. The quantitative estimate of drug-likeness (QED) is 0.753. The van der Waals surface area contributed by atoms with Crippen molar-refractivity contribution in [3.8, 4) is 0 Å². The molecule has 0 bridgehead atoms. The SMILES string of the molecule is O=C(Cc1cccs1)c1cc(Cl)sc1Cl. The first kappa shape index (κ1) is 11.1. The Bertz CT molecular complexity index is 474. The largest absolute Gasteiger partial charge is 0.294 e. The Kier molecular flexibility index (Phi) is 3.46. The zero-order valence-electron chi connectivity index (χ0n) is 7.50. The molecule has 0 aliphatic rings. The van der Waals surface area contributed by atoms with Crippen molar-refractivity contribution in [3.05, 3.63) is 42.7 Å². The minimum atomic E-state index is 0.0191. The average Bonchev–Trinajstić information content (AvgIpc) is 2.75. The van der Waals surface area contributed by atoms with Crippen LogP contribution in [0.2, 0.25) is 8.67 Å². The van der Waals surface area contributed by atoms with Crippen molar-refractivity contribution in [1.82, 2.24) is 0 Å². The van der Waals surface area contributed by atoms with Gasteiger partial charge in [0.15, 0.2) is 5.78 Å². The van der Waals surface area contributed by atoms with E-state index in [2.05, 4.69) is 0 Å². The van der Waals surface area contributed by atoms with Gasteiger partial charge in [-0.25, -0.2) is 0 Å². The maximum atomic E-state index is 11.8. The molecule has 0 unspecified atom stereocenters. The zero-order chi connectivity index (χ0) is 10.8. The van der Waals surface area contributed by atoms with Crippen LogP contribution in [0.5, 0.6) is 0 Å². The van der Waals surface area contributed by atoms with Crippen molar-refractivity contribution in [2.24, 2.45) is 0 Å². The van der Waals surface area contributed by atoms with Gasteiger partial charge in [0.2, 0.25) is 0 Å². The third-order valence-corrected chi connectivity index (χ3v) is 4.24. The van der Waals surface area contributed by atoms with Crippen molar-refractivity contribution < 1.29 is 4.79 Å². The van der Waals surface area contributed by atoms with Crippen molar-refractivity contribution in [1.29, 1.82) is 0 Å². The minimum absolute atomic E-state index is 0.0191. The number of halogens is 2. The number of carbonyl (C=O) groups excluding carboxylic acids is 1. The van der Waals surface area contributed by atoms with Crippen LogP contribution in [-0.2, 0) is 6.42 Å². The van der Waals surface area contributed by atoms with Crippen LogP contribution in [0.3, 0.4) is 0 Å². The van der Waals surface area contributed by atoms with E-state index in [-0.39, 0.29) is 5.78 Å². The second kappa shape index (κ2) is 4.66. The fourth-order valence-electron chi connectivity index (χ4n) is 1.20. The Labute approximate surface area is 105 Å². The van der Waals surface area contributed by atoms with E-state index in [0.29, 0.717) is 20.7 Å². The van der Waals surface area contributed by atoms with E-state index in [1.807, 2.05) is 17.5 Å². The lowest BCUT2D eigenvalue weighted by Gasteiger charge is -1.95. The molecule has 2 aromatic rings. The van der Waals surface area contributed by atoms with Crippen molar-refractivity contribution in [2.75, 3.05) is 0 Å². The zero-order valence-corrected chi connectivity index (χ0v) is 10.6. The highest BCUT2D eigenvalue weighted by atomic mass is 35.5. The Morgan fingerprint density at radius 3 is 2.73 bits per heavy atom. The monoisotopic (exact) mass is 276 g/mol. The summed E-state index contributed by atoms with van der Waals surface area (Å²) in [6.45, 7) is 0. The van der Waals surface area contributed by atoms with Gasteiger partial charge >= 0.3 is 0 Å². The molecule has 2 rings (SSSR count). The summed E-state index contributed by atoms with van der Waals surface area (Å²) in [5, 5.41) is 1.95. The van der Waals surface area contributed by atoms with Crippen LogP contribution in [-0.4, -0.2) is 5.78 Å². The predicted molar refractivity (Wildman–Crippen MR) is 66.7 cm³/mol. The number of hydrogen-bond acceptors (Lipinski definition) is 3. The smallest absolute Gasteiger partial charge is 0.170 e. The van der Waals surface area contributed by atoms with E-state index >= 15 is 0 Å². The summed E-state index contributed by atoms with van der Waals surface area (Å²) in [5.74, 6) is 0.0191. The van der Waals surface area contributed by atoms with Crippen LogP contribution in [0.25, 0.3) is 0 Å². The second-order valence-corrected chi connectivity index (χ2v) is 6.24. The second-order valence-electron chi connectivity index (χ2n) is 2.92. The molecule has 0 fully saturated rings.